The summed E-state index contributed by atoms with van der Waals surface area (Å²) in [5, 5.41) is 9.13. The first kappa shape index (κ1) is 16.4. The van der Waals surface area contributed by atoms with Crippen molar-refractivity contribution < 1.29 is 14.7 Å². The van der Waals surface area contributed by atoms with Crippen molar-refractivity contribution in [3.05, 3.63) is 28.5 Å². The average Bonchev–Trinajstić information content (AvgIpc) is 2.33. The molecule has 0 saturated carbocycles. The molecule has 0 aliphatic carbocycles. The smallest absolute Gasteiger partial charge is 0.323 e. The van der Waals surface area contributed by atoms with Crippen LogP contribution in [0.2, 0.25) is 5.15 Å². The van der Waals surface area contributed by atoms with E-state index in [0.29, 0.717) is 11.3 Å². The molecule has 0 bridgehead atoms. The SMILES string of the molecule is CC(C)c1cc(C(=O)N(CC(=O)O)C(C)C)cc(Cl)n1. The first-order valence-corrected chi connectivity index (χ1v) is 6.80. The molecule has 110 valence electrons. The maximum absolute atomic E-state index is 12.4. The van der Waals surface area contributed by atoms with E-state index in [2.05, 4.69) is 4.98 Å². The van der Waals surface area contributed by atoms with Crippen LogP contribution in [-0.4, -0.2) is 39.5 Å². The number of carbonyl (C=O) groups is 2. The van der Waals surface area contributed by atoms with Crippen molar-refractivity contribution in [3.63, 3.8) is 0 Å². The average molecular weight is 299 g/mol. The van der Waals surface area contributed by atoms with Gasteiger partial charge < -0.3 is 10.0 Å². The van der Waals surface area contributed by atoms with Gasteiger partial charge in [-0.15, -0.1) is 0 Å². The minimum Gasteiger partial charge on any atom is -0.480 e. The molecule has 0 fully saturated rings. The zero-order valence-electron chi connectivity index (χ0n) is 12.1. The van der Waals surface area contributed by atoms with Crippen molar-refractivity contribution in [3.8, 4) is 0 Å². The van der Waals surface area contributed by atoms with E-state index in [0.717, 1.165) is 0 Å². The lowest BCUT2D eigenvalue weighted by Gasteiger charge is -2.25. The Kier molecular flexibility index (Phi) is 5.51. The quantitative estimate of drug-likeness (QED) is 0.849. The van der Waals surface area contributed by atoms with Gasteiger partial charge in [-0.2, -0.15) is 0 Å². The molecule has 1 N–H and O–H groups in total. The predicted molar refractivity (Wildman–Crippen MR) is 77.1 cm³/mol. The number of aromatic nitrogens is 1. The van der Waals surface area contributed by atoms with Crippen molar-refractivity contribution in [2.24, 2.45) is 0 Å². The zero-order chi connectivity index (χ0) is 15.4. The van der Waals surface area contributed by atoms with E-state index in [1.54, 1.807) is 19.9 Å². The van der Waals surface area contributed by atoms with Crippen LogP contribution in [0.25, 0.3) is 0 Å². The molecular formula is C14H19ClN2O3. The second-order valence-corrected chi connectivity index (χ2v) is 5.57. The zero-order valence-corrected chi connectivity index (χ0v) is 12.8. The van der Waals surface area contributed by atoms with E-state index in [1.807, 2.05) is 13.8 Å². The molecule has 0 spiro atoms. The fourth-order valence-electron chi connectivity index (χ4n) is 1.74. The number of rotatable bonds is 5. The van der Waals surface area contributed by atoms with Crippen LogP contribution in [0.1, 0.15) is 49.7 Å². The van der Waals surface area contributed by atoms with Crippen LogP contribution in [0.5, 0.6) is 0 Å². The fraction of sp³-hybridized carbons (Fsp3) is 0.500. The lowest BCUT2D eigenvalue weighted by molar-refractivity contribution is -0.138. The van der Waals surface area contributed by atoms with Crippen LogP contribution >= 0.6 is 11.6 Å². The minimum absolute atomic E-state index is 0.132. The Hall–Kier alpha value is -1.62. The minimum atomic E-state index is -1.05. The predicted octanol–water partition coefficient (Wildman–Crippen LogP) is 2.79. The summed E-state index contributed by atoms with van der Waals surface area (Å²) < 4.78 is 0. The van der Waals surface area contributed by atoms with Crippen LogP contribution in [0.4, 0.5) is 0 Å². The van der Waals surface area contributed by atoms with Crippen molar-refractivity contribution in [2.75, 3.05) is 6.54 Å². The second-order valence-electron chi connectivity index (χ2n) is 5.18. The summed E-state index contributed by atoms with van der Waals surface area (Å²) in [7, 11) is 0. The second kappa shape index (κ2) is 6.70. The van der Waals surface area contributed by atoms with Gasteiger partial charge in [0.05, 0.1) is 0 Å². The third-order valence-electron chi connectivity index (χ3n) is 2.84. The highest BCUT2D eigenvalue weighted by Gasteiger charge is 2.22. The summed E-state index contributed by atoms with van der Waals surface area (Å²) in [6.45, 7) is 7.10. The molecule has 0 aromatic carbocycles. The number of hydrogen-bond acceptors (Lipinski definition) is 3. The molecule has 0 radical (unpaired) electrons. The number of aliphatic carboxylic acids is 1. The van der Waals surface area contributed by atoms with E-state index < -0.39 is 5.97 Å². The van der Waals surface area contributed by atoms with Crippen LogP contribution in [0.15, 0.2) is 12.1 Å². The number of halogens is 1. The fourth-order valence-corrected chi connectivity index (χ4v) is 1.95. The van der Waals surface area contributed by atoms with Crippen LogP contribution in [0.3, 0.4) is 0 Å². The van der Waals surface area contributed by atoms with Gasteiger partial charge in [0.1, 0.15) is 11.7 Å². The molecule has 6 heteroatoms. The molecule has 1 amide bonds. The van der Waals surface area contributed by atoms with E-state index >= 15 is 0 Å². The first-order chi connectivity index (χ1) is 9.22. The molecule has 0 saturated heterocycles. The van der Waals surface area contributed by atoms with Gasteiger partial charge in [0.2, 0.25) is 0 Å². The molecule has 1 rings (SSSR count). The van der Waals surface area contributed by atoms with Gasteiger partial charge in [0.15, 0.2) is 0 Å². The van der Waals surface area contributed by atoms with Gasteiger partial charge in [0.25, 0.3) is 5.91 Å². The molecular weight excluding hydrogens is 280 g/mol. The van der Waals surface area contributed by atoms with Crippen LogP contribution < -0.4 is 0 Å². The number of amides is 1. The summed E-state index contributed by atoms with van der Waals surface area (Å²) in [6.07, 6.45) is 0. The third kappa shape index (κ3) is 4.20. The highest BCUT2D eigenvalue weighted by atomic mass is 35.5. The van der Waals surface area contributed by atoms with Gasteiger partial charge in [-0.25, -0.2) is 4.98 Å². The van der Waals surface area contributed by atoms with Crippen molar-refractivity contribution in [2.45, 2.75) is 39.7 Å². The van der Waals surface area contributed by atoms with Gasteiger partial charge in [-0.05, 0) is 31.9 Å². The summed E-state index contributed by atoms with van der Waals surface area (Å²) in [4.78, 5) is 28.7. The molecule has 0 unspecified atom stereocenters. The number of carbonyl (C=O) groups excluding carboxylic acids is 1. The Balaban J connectivity index is 3.14. The van der Waals surface area contributed by atoms with Crippen molar-refractivity contribution in [1.82, 2.24) is 9.88 Å². The summed E-state index contributed by atoms with van der Waals surface area (Å²) >= 11 is 5.93. The Labute approximate surface area is 123 Å². The molecule has 0 aliphatic rings. The van der Waals surface area contributed by atoms with E-state index in [-0.39, 0.29) is 29.6 Å². The molecule has 1 heterocycles. The molecule has 1 aromatic rings. The molecule has 1 aromatic heterocycles. The lowest BCUT2D eigenvalue weighted by atomic mass is 10.1. The van der Waals surface area contributed by atoms with Gasteiger partial charge in [0, 0.05) is 17.3 Å². The largest absolute Gasteiger partial charge is 0.480 e. The van der Waals surface area contributed by atoms with Crippen LogP contribution in [0, 0.1) is 0 Å². The Morgan fingerprint density at radius 3 is 2.35 bits per heavy atom. The molecule has 0 aliphatic heterocycles. The van der Waals surface area contributed by atoms with Gasteiger partial charge in [-0.1, -0.05) is 25.4 Å². The molecule has 0 atom stereocenters. The number of hydrogen-bond donors (Lipinski definition) is 1. The number of nitrogens with zero attached hydrogens (tertiary/aromatic N) is 2. The third-order valence-corrected chi connectivity index (χ3v) is 3.04. The van der Waals surface area contributed by atoms with Gasteiger partial charge in [-0.3, -0.25) is 9.59 Å². The van der Waals surface area contributed by atoms with Crippen molar-refractivity contribution >= 4 is 23.5 Å². The van der Waals surface area contributed by atoms with Crippen molar-refractivity contribution in [1.29, 1.82) is 0 Å². The highest BCUT2D eigenvalue weighted by molar-refractivity contribution is 6.29. The molecule has 20 heavy (non-hydrogen) atoms. The maximum Gasteiger partial charge on any atom is 0.323 e. The van der Waals surface area contributed by atoms with Gasteiger partial charge >= 0.3 is 5.97 Å². The standard InChI is InChI=1S/C14H19ClN2O3/c1-8(2)11-5-10(6-12(15)16-11)14(20)17(9(3)4)7-13(18)19/h5-6,8-9H,7H2,1-4H3,(H,18,19). The molecule has 5 nitrogen and oxygen atoms in total. The summed E-state index contributed by atoms with van der Waals surface area (Å²) in [5.74, 6) is -1.27. The first-order valence-electron chi connectivity index (χ1n) is 6.42. The Morgan fingerprint density at radius 1 is 1.30 bits per heavy atom. The Bertz CT molecular complexity index is 515. The monoisotopic (exact) mass is 298 g/mol. The summed E-state index contributed by atoms with van der Waals surface area (Å²) in [6, 6.07) is 2.91. The highest BCUT2D eigenvalue weighted by Crippen LogP contribution is 2.19. The van der Waals surface area contributed by atoms with E-state index in [9.17, 15) is 9.59 Å². The van der Waals surface area contributed by atoms with E-state index in [4.69, 9.17) is 16.7 Å². The number of pyridine rings is 1. The normalized spacial score (nSPS) is 10.9. The lowest BCUT2D eigenvalue weighted by Crippen LogP contribution is -2.40. The topological polar surface area (TPSA) is 70.5 Å². The van der Waals surface area contributed by atoms with Crippen LogP contribution in [-0.2, 0) is 4.79 Å². The maximum atomic E-state index is 12.4. The van der Waals surface area contributed by atoms with E-state index in [1.165, 1.54) is 11.0 Å². The Morgan fingerprint density at radius 2 is 1.90 bits per heavy atom. The number of carboxylic acids is 1. The number of carboxylic acid groups (broad SMARTS) is 1. The summed E-state index contributed by atoms with van der Waals surface area (Å²) in [5.41, 5.74) is 1.07.